The zero-order valence-electron chi connectivity index (χ0n) is 15.2. The molecule has 0 atom stereocenters. The van der Waals surface area contributed by atoms with E-state index in [1.165, 1.54) is 0 Å². The minimum absolute atomic E-state index is 0.0168. The monoisotopic (exact) mass is 387 g/mol. The summed E-state index contributed by atoms with van der Waals surface area (Å²) >= 11 is 5.82. The summed E-state index contributed by atoms with van der Waals surface area (Å²) in [5, 5.41) is 3.20. The number of nitrogens with one attached hydrogen (secondary N) is 1. The van der Waals surface area contributed by atoms with Crippen molar-refractivity contribution in [2.45, 2.75) is 0 Å². The van der Waals surface area contributed by atoms with Gasteiger partial charge in [-0.15, -0.1) is 0 Å². The number of ether oxygens (including phenoxy) is 1. The molecule has 1 N–H and O–H groups in total. The van der Waals surface area contributed by atoms with E-state index in [4.69, 9.17) is 16.3 Å². The first-order valence-electron chi connectivity index (χ1n) is 8.78. The number of anilines is 1. The number of piperazine rings is 1. The predicted octanol–water partition coefficient (Wildman–Crippen LogP) is 3.38. The summed E-state index contributed by atoms with van der Waals surface area (Å²) in [6.45, 7) is 4.04. The number of benzene rings is 2. The molecule has 7 heteroatoms. The van der Waals surface area contributed by atoms with Crippen LogP contribution in [0.1, 0.15) is 10.4 Å². The Morgan fingerprint density at radius 2 is 1.78 bits per heavy atom. The summed E-state index contributed by atoms with van der Waals surface area (Å²) in [5.41, 5.74) is 1.11. The van der Waals surface area contributed by atoms with E-state index in [0.29, 0.717) is 28.6 Å². The number of hydrogen-bond acceptors (Lipinski definition) is 5. The summed E-state index contributed by atoms with van der Waals surface area (Å²) in [6.07, 6.45) is -0.624. The molecule has 0 spiro atoms. The smallest absolute Gasteiger partial charge is 0.410 e. The Labute approximate surface area is 163 Å². The Hall–Kier alpha value is -2.41. The second-order valence-corrected chi connectivity index (χ2v) is 6.99. The number of halogens is 1. The molecule has 3 rings (SSSR count). The van der Waals surface area contributed by atoms with Crippen LogP contribution in [-0.4, -0.2) is 61.4 Å². The zero-order valence-corrected chi connectivity index (χ0v) is 15.9. The molecule has 6 nitrogen and oxygen atoms in total. The standard InChI is InChI=1S/C20H22ClN3O3/c1-23-9-11-24(12-10-23)14-19(25)15-3-2-4-18(13-15)27-20(26)22-17-7-5-16(21)6-8-17/h2-8,13H,9-12,14H2,1H3,(H,22,26). The van der Waals surface area contributed by atoms with Crippen LogP contribution in [0.3, 0.4) is 0 Å². The number of likely N-dealkylation sites (N-methyl/N-ethyl adjacent to an activating group) is 1. The number of ketones is 1. The van der Waals surface area contributed by atoms with Gasteiger partial charge < -0.3 is 9.64 Å². The molecule has 2 aromatic carbocycles. The summed E-state index contributed by atoms with van der Waals surface area (Å²) < 4.78 is 5.29. The van der Waals surface area contributed by atoms with Crippen molar-refractivity contribution in [2.24, 2.45) is 0 Å². The van der Waals surface area contributed by atoms with Gasteiger partial charge in [0.15, 0.2) is 5.78 Å². The lowest BCUT2D eigenvalue weighted by atomic mass is 10.1. The summed E-state index contributed by atoms with van der Waals surface area (Å²) in [7, 11) is 2.08. The molecular formula is C20H22ClN3O3. The van der Waals surface area contributed by atoms with Gasteiger partial charge in [-0.1, -0.05) is 23.7 Å². The van der Waals surface area contributed by atoms with Crippen molar-refractivity contribution in [1.82, 2.24) is 9.80 Å². The van der Waals surface area contributed by atoms with E-state index >= 15 is 0 Å². The molecule has 1 fully saturated rings. The van der Waals surface area contributed by atoms with E-state index in [9.17, 15) is 9.59 Å². The Balaban J connectivity index is 1.57. The molecule has 0 aliphatic carbocycles. The highest BCUT2D eigenvalue weighted by Crippen LogP contribution is 2.17. The number of amides is 1. The second kappa shape index (κ2) is 8.99. The van der Waals surface area contributed by atoms with Gasteiger partial charge in [0, 0.05) is 42.5 Å². The fraction of sp³-hybridized carbons (Fsp3) is 0.300. The maximum absolute atomic E-state index is 12.5. The van der Waals surface area contributed by atoms with Crippen LogP contribution in [0.2, 0.25) is 5.02 Å². The first kappa shape index (κ1) is 19.4. The lowest BCUT2D eigenvalue weighted by Crippen LogP contribution is -2.46. The van der Waals surface area contributed by atoms with Gasteiger partial charge in [-0.2, -0.15) is 0 Å². The minimum atomic E-state index is -0.624. The molecule has 1 aliphatic heterocycles. The van der Waals surface area contributed by atoms with E-state index in [1.54, 1.807) is 48.5 Å². The van der Waals surface area contributed by atoms with Gasteiger partial charge in [0.1, 0.15) is 5.75 Å². The van der Waals surface area contributed by atoms with Gasteiger partial charge in [0.25, 0.3) is 0 Å². The predicted molar refractivity (Wildman–Crippen MR) is 106 cm³/mol. The average Bonchev–Trinajstić information content (AvgIpc) is 2.65. The molecule has 1 aliphatic rings. The van der Waals surface area contributed by atoms with Gasteiger partial charge in [0.2, 0.25) is 0 Å². The largest absolute Gasteiger partial charge is 0.417 e. The van der Waals surface area contributed by atoms with E-state index in [1.807, 2.05) is 0 Å². The third-order valence-corrected chi connectivity index (χ3v) is 4.67. The lowest BCUT2D eigenvalue weighted by Gasteiger charge is -2.31. The molecule has 0 radical (unpaired) electrons. The number of nitrogens with zero attached hydrogens (tertiary/aromatic N) is 2. The molecule has 27 heavy (non-hydrogen) atoms. The molecule has 0 aromatic heterocycles. The van der Waals surface area contributed by atoms with Gasteiger partial charge in [-0.3, -0.25) is 15.0 Å². The fourth-order valence-electron chi connectivity index (χ4n) is 2.82. The second-order valence-electron chi connectivity index (χ2n) is 6.55. The summed E-state index contributed by atoms with van der Waals surface area (Å²) in [4.78, 5) is 28.9. The van der Waals surface area contributed by atoms with Crippen molar-refractivity contribution in [2.75, 3.05) is 45.1 Å². The average molecular weight is 388 g/mol. The highest BCUT2D eigenvalue weighted by atomic mass is 35.5. The minimum Gasteiger partial charge on any atom is -0.410 e. The normalized spacial score (nSPS) is 15.3. The SMILES string of the molecule is CN1CCN(CC(=O)c2cccc(OC(=O)Nc3ccc(Cl)cc3)c2)CC1. The quantitative estimate of drug-likeness (QED) is 0.797. The number of carbonyl (C=O) groups is 2. The van der Waals surface area contributed by atoms with Crippen molar-refractivity contribution >= 4 is 29.2 Å². The molecule has 1 amide bonds. The van der Waals surface area contributed by atoms with E-state index < -0.39 is 6.09 Å². The highest BCUT2D eigenvalue weighted by Gasteiger charge is 2.18. The van der Waals surface area contributed by atoms with Gasteiger partial charge >= 0.3 is 6.09 Å². The first-order valence-corrected chi connectivity index (χ1v) is 9.16. The molecule has 142 valence electrons. The van der Waals surface area contributed by atoms with Crippen molar-refractivity contribution < 1.29 is 14.3 Å². The van der Waals surface area contributed by atoms with Crippen LogP contribution in [0, 0.1) is 0 Å². The van der Waals surface area contributed by atoms with Gasteiger partial charge in [0.05, 0.1) is 6.54 Å². The van der Waals surface area contributed by atoms with Crippen LogP contribution in [0.5, 0.6) is 5.75 Å². The molecule has 1 heterocycles. The van der Waals surface area contributed by atoms with Crippen LogP contribution in [-0.2, 0) is 0 Å². The lowest BCUT2D eigenvalue weighted by molar-refractivity contribution is 0.0876. The third kappa shape index (κ3) is 5.79. The zero-order chi connectivity index (χ0) is 19.2. The maximum atomic E-state index is 12.5. The Bertz CT molecular complexity index is 802. The maximum Gasteiger partial charge on any atom is 0.417 e. The Morgan fingerprint density at radius 3 is 2.48 bits per heavy atom. The van der Waals surface area contributed by atoms with Crippen molar-refractivity contribution in [3.8, 4) is 5.75 Å². The third-order valence-electron chi connectivity index (χ3n) is 4.42. The van der Waals surface area contributed by atoms with Crippen LogP contribution in [0.15, 0.2) is 48.5 Å². The molecule has 2 aromatic rings. The van der Waals surface area contributed by atoms with Gasteiger partial charge in [-0.25, -0.2) is 4.79 Å². The fourth-order valence-corrected chi connectivity index (χ4v) is 2.94. The first-order chi connectivity index (χ1) is 13.0. The molecule has 1 saturated heterocycles. The van der Waals surface area contributed by atoms with Crippen LogP contribution in [0.25, 0.3) is 0 Å². The highest BCUT2D eigenvalue weighted by molar-refractivity contribution is 6.30. The van der Waals surface area contributed by atoms with Crippen LogP contribution >= 0.6 is 11.6 Å². The van der Waals surface area contributed by atoms with Crippen molar-refractivity contribution in [1.29, 1.82) is 0 Å². The number of Topliss-reactive ketones (excluding diaryl/α,β-unsaturated/α-hetero) is 1. The molecular weight excluding hydrogens is 366 g/mol. The van der Waals surface area contributed by atoms with E-state index in [-0.39, 0.29) is 5.78 Å². The number of rotatable bonds is 5. The van der Waals surface area contributed by atoms with E-state index in [0.717, 1.165) is 26.2 Å². The Morgan fingerprint density at radius 1 is 1.07 bits per heavy atom. The van der Waals surface area contributed by atoms with Crippen LogP contribution in [0.4, 0.5) is 10.5 Å². The Kier molecular flexibility index (Phi) is 6.45. The number of carbonyl (C=O) groups excluding carboxylic acids is 2. The molecule has 0 unspecified atom stereocenters. The van der Waals surface area contributed by atoms with E-state index in [2.05, 4.69) is 22.2 Å². The number of hydrogen-bond donors (Lipinski definition) is 1. The van der Waals surface area contributed by atoms with Crippen LogP contribution < -0.4 is 10.1 Å². The topological polar surface area (TPSA) is 61.9 Å². The molecule has 0 saturated carbocycles. The van der Waals surface area contributed by atoms with Crippen molar-refractivity contribution in [3.63, 3.8) is 0 Å². The summed E-state index contributed by atoms with van der Waals surface area (Å²) in [5.74, 6) is 0.341. The van der Waals surface area contributed by atoms with Gasteiger partial charge in [-0.05, 0) is 43.4 Å². The molecule has 0 bridgehead atoms. The van der Waals surface area contributed by atoms with Crippen molar-refractivity contribution in [3.05, 3.63) is 59.1 Å². The summed E-state index contributed by atoms with van der Waals surface area (Å²) in [6, 6.07) is 13.4.